The van der Waals surface area contributed by atoms with Crippen molar-refractivity contribution in [2.75, 3.05) is 32.4 Å². The van der Waals surface area contributed by atoms with Gasteiger partial charge in [-0.05, 0) is 50.0 Å². The number of hydrogen-bond donors (Lipinski definition) is 1. The lowest BCUT2D eigenvalue weighted by Gasteiger charge is -2.32. The fourth-order valence-corrected chi connectivity index (χ4v) is 4.43. The van der Waals surface area contributed by atoms with Crippen molar-refractivity contribution in [3.05, 3.63) is 35.4 Å². The number of rotatable bonds is 3. The van der Waals surface area contributed by atoms with E-state index in [0.29, 0.717) is 6.04 Å². The summed E-state index contributed by atoms with van der Waals surface area (Å²) >= 11 is 2.06. The molecular formula is C16H24N2S. The Bertz CT molecular complexity index is 421. The van der Waals surface area contributed by atoms with Crippen molar-refractivity contribution in [3.8, 4) is 0 Å². The summed E-state index contributed by atoms with van der Waals surface area (Å²) in [7, 11) is 2.25. The zero-order valence-electron chi connectivity index (χ0n) is 11.8. The molecule has 3 rings (SSSR count). The van der Waals surface area contributed by atoms with Gasteiger partial charge in [-0.15, -0.1) is 0 Å². The highest BCUT2D eigenvalue weighted by atomic mass is 32.2. The first-order valence-electron chi connectivity index (χ1n) is 7.40. The van der Waals surface area contributed by atoms with E-state index in [2.05, 4.69) is 53.3 Å². The SMILES string of the molecule is CN1CCCC(CNC2CSCc3ccccc32)C1. The molecule has 0 amide bonds. The summed E-state index contributed by atoms with van der Waals surface area (Å²) in [5.41, 5.74) is 3.06. The Kier molecular flexibility index (Phi) is 4.46. The van der Waals surface area contributed by atoms with Crippen molar-refractivity contribution in [2.45, 2.75) is 24.6 Å². The van der Waals surface area contributed by atoms with E-state index in [-0.39, 0.29) is 0 Å². The number of likely N-dealkylation sites (tertiary alicyclic amines) is 1. The number of thioether (sulfide) groups is 1. The highest BCUT2D eigenvalue weighted by Crippen LogP contribution is 2.31. The minimum atomic E-state index is 0.558. The minimum Gasteiger partial charge on any atom is -0.309 e. The van der Waals surface area contributed by atoms with Crippen LogP contribution in [0, 0.1) is 5.92 Å². The molecule has 2 heterocycles. The summed E-state index contributed by atoms with van der Waals surface area (Å²) in [6, 6.07) is 9.49. The molecule has 19 heavy (non-hydrogen) atoms. The molecule has 0 aliphatic carbocycles. The highest BCUT2D eigenvalue weighted by molar-refractivity contribution is 7.98. The molecule has 0 aromatic heterocycles. The topological polar surface area (TPSA) is 15.3 Å². The average Bonchev–Trinajstić information content (AvgIpc) is 2.45. The Morgan fingerprint density at radius 3 is 3.16 bits per heavy atom. The summed E-state index contributed by atoms with van der Waals surface area (Å²) in [4.78, 5) is 2.47. The normalized spacial score (nSPS) is 28.1. The molecule has 2 nitrogen and oxygen atoms in total. The van der Waals surface area contributed by atoms with Gasteiger partial charge in [0.05, 0.1) is 0 Å². The molecule has 0 saturated carbocycles. The lowest BCUT2D eigenvalue weighted by molar-refractivity contribution is 0.203. The lowest BCUT2D eigenvalue weighted by Crippen LogP contribution is -2.39. The summed E-state index contributed by atoms with van der Waals surface area (Å²) in [6.07, 6.45) is 2.75. The number of nitrogens with zero attached hydrogens (tertiary/aromatic N) is 1. The second-order valence-electron chi connectivity index (χ2n) is 5.95. The Labute approximate surface area is 121 Å². The number of nitrogens with one attached hydrogen (secondary N) is 1. The van der Waals surface area contributed by atoms with Gasteiger partial charge in [-0.3, -0.25) is 0 Å². The maximum atomic E-state index is 3.82. The van der Waals surface area contributed by atoms with Crippen LogP contribution in [0.15, 0.2) is 24.3 Å². The van der Waals surface area contributed by atoms with Crippen LogP contribution in [0.1, 0.15) is 30.0 Å². The molecule has 0 bridgehead atoms. The van der Waals surface area contributed by atoms with Gasteiger partial charge in [-0.1, -0.05) is 24.3 Å². The fraction of sp³-hybridized carbons (Fsp3) is 0.625. The van der Waals surface area contributed by atoms with E-state index in [1.807, 2.05) is 0 Å². The van der Waals surface area contributed by atoms with Crippen molar-refractivity contribution >= 4 is 11.8 Å². The average molecular weight is 276 g/mol. The third-order valence-electron chi connectivity index (χ3n) is 4.35. The zero-order valence-corrected chi connectivity index (χ0v) is 12.6. The van der Waals surface area contributed by atoms with Gasteiger partial charge in [-0.25, -0.2) is 0 Å². The van der Waals surface area contributed by atoms with Gasteiger partial charge in [0.25, 0.3) is 0 Å². The second-order valence-corrected chi connectivity index (χ2v) is 6.98. The third-order valence-corrected chi connectivity index (χ3v) is 5.43. The fourth-order valence-electron chi connectivity index (χ4n) is 3.30. The highest BCUT2D eigenvalue weighted by Gasteiger charge is 2.22. The molecule has 0 spiro atoms. The molecular weight excluding hydrogens is 252 g/mol. The van der Waals surface area contributed by atoms with E-state index in [9.17, 15) is 0 Å². The summed E-state index contributed by atoms with van der Waals surface area (Å²) in [6.45, 7) is 3.71. The number of fused-ring (bicyclic) bond motifs is 1. The van der Waals surface area contributed by atoms with Gasteiger partial charge in [0.15, 0.2) is 0 Å². The van der Waals surface area contributed by atoms with Crippen molar-refractivity contribution in [2.24, 2.45) is 5.92 Å². The third kappa shape index (κ3) is 3.33. The van der Waals surface area contributed by atoms with Crippen LogP contribution in [-0.4, -0.2) is 37.3 Å². The molecule has 2 unspecified atom stereocenters. The molecule has 1 fully saturated rings. The van der Waals surface area contributed by atoms with Crippen molar-refractivity contribution in [1.29, 1.82) is 0 Å². The molecule has 104 valence electrons. The first-order chi connectivity index (χ1) is 9.33. The standard InChI is InChI=1S/C16H24N2S/c1-18-8-4-5-13(10-18)9-17-16-12-19-11-14-6-2-3-7-15(14)16/h2-3,6-7,13,16-17H,4-5,8-12H2,1H3. The van der Waals surface area contributed by atoms with E-state index in [1.165, 1.54) is 55.1 Å². The molecule has 3 heteroatoms. The summed E-state index contributed by atoms with van der Waals surface area (Å²) in [5, 5.41) is 3.82. The molecule has 1 saturated heterocycles. The van der Waals surface area contributed by atoms with E-state index >= 15 is 0 Å². The van der Waals surface area contributed by atoms with Crippen LogP contribution < -0.4 is 5.32 Å². The van der Waals surface area contributed by atoms with Gasteiger partial charge in [0.2, 0.25) is 0 Å². The van der Waals surface area contributed by atoms with Crippen LogP contribution in [0.2, 0.25) is 0 Å². The van der Waals surface area contributed by atoms with E-state index in [0.717, 1.165) is 5.92 Å². The van der Waals surface area contributed by atoms with Gasteiger partial charge in [0, 0.05) is 24.1 Å². The maximum Gasteiger partial charge on any atom is 0.0415 e. The molecule has 1 aromatic carbocycles. The molecule has 1 N–H and O–H groups in total. The van der Waals surface area contributed by atoms with E-state index < -0.39 is 0 Å². The van der Waals surface area contributed by atoms with Crippen LogP contribution in [0.5, 0.6) is 0 Å². The van der Waals surface area contributed by atoms with Crippen molar-refractivity contribution in [1.82, 2.24) is 10.2 Å². The lowest BCUT2D eigenvalue weighted by atomic mass is 9.97. The Hall–Kier alpha value is -0.510. The largest absolute Gasteiger partial charge is 0.309 e. The number of hydrogen-bond acceptors (Lipinski definition) is 3. The van der Waals surface area contributed by atoms with E-state index in [4.69, 9.17) is 0 Å². The van der Waals surface area contributed by atoms with E-state index in [1.54, 1.807) is 0 Å². The van der Waals surface area contributed by atoms with Gasteiger partial charge in [-0.2, -0.15) is 11.8 Å². The van der Waals surface area contributed by atoms with Crippen LogP contribution in [0.25, 0.3) is 0 Å². The zero-order chi connectivity index (χ0) is 13.1. The van der Waals surface area contributed by atoms with Crippen LogP contribution in [0.3, 0.4) is 0 Å². The molecule has 0 radical (unpaired) electrons. The smallest absolute Gasteiger partial charge is 0.0415 e. The van der Waals surface area contributed by atoms with Crippen LogP contribution >= 0.6 is 11.8 Å². The monoisotopic (exact) mass is 276 g/mol. The first-order valence-corrected chi connectivity index (χ1v) is 8.56. The molecule has 1 aromatic rings. The quantitative estimate of drug-likeness (QED) is 0.914. The number of benzene rings is 1. The predicted molar refractivity (Wildman–Crippen MR) is 83.6 cm³/mol. The Morgan fingerprint density at radius 2 is 2.26 bits per heavy atom. The summed E-state index contributed by atoms with van der Waals surface area (Å²) < 4.78 is 0. The molecule has 2 aliphatic rings. The van der Waals surface area contributed by atoms with Gasteiger partial charge in [0.1, 0.15) is 0 Å². The number of piperidine rings is 1. The molecule has 2 aliphatic heterocycles. The second kappa shape index (κ2) is 6.29. The minimum absolute atomic E-state index is 0.558. The predicted octanol–water partition coefficient (Wildman–Crippen LogP) is 2.91. The van der Waals surface area contributed by atoms with Crippen LogP contribution in [-0.2, 0) is 5.75 Å². The Balaban J connectivity index is 1.59. The molecule has 2 atom stereocenters. The van der Waals surface area contributed by atoms with Crippen LogP contribution in [0.4, 0.5) is 0 Å². The maximum absolute atomic E-state index is 3.82. The van der Waals surface area contributed by atoms with Crippen molar-refractivity contribution in [3.63, 3.8) is 0 Å². The first kappa shape index (κ1) is 13.5. The van der Waals surface area contributed by atoms with Gasteiger partial charge < -0.3 is 10.2 Å². The summed E-state index contributed by atoms with van der Waals surface area (Å²) in [5.74, 6) is 3.23. The Morgan fingerprint density at radius 1 is 1.37 bits per heavy atom. The van der Waals surface area contributed by atoms with Crippen molar-refractivity contribution < 1.29 is 0 Å². The van der Waals surface area contributed by atoms with Gasteiger partial charge >= 0.3 is 0 Å².